The predicted molar refractivity (Wildman–Crippen MR) is 67.8 cm³/mol. The zero-order valence-corrected chi connectivity index (χ0v) is 10.3. The van der Waals surface area contributed by atoms with Gasteiger partial charge in [0.05, 0.1) is 19.3 Å². The lowest BCUT2D eigenvalue weighted by atomic mass is 10.1. The average Bonchev–Trinajstić information content (AvgIpc) is 2.38. The van der Waals surface area contributed by atoms with E-state index in [9.17, 15) is 9.90 Å². The van der Waals surface area contributed by atoms with Crippen LogP contribution in [0.25, 0.3) is 0 Å². The summed E-state index contributed by atoms with van der Waals surface area (Å²) in [5.41, 5.74) is 0.143. The molecule has 5 heteroatoms. The van der Waals surface area contributed by atoms with Crippen LogP contribution >= 0.6 is 0 Å². The lowest BCUT2D eigenvalue weighted by molar-refractivity contribution is 0.0739. The molecule has 0 saturated heterocycles. The van der Waals surface area contributed by atoms with Gasteiger partial charge in [-0.1, -0.05) is 12.1 Å². The summed E-state index contributed by atoms with van der Waals surface area (Å²) in [6.07, 6.45) is 1.56. The highest BCUT2D eigenvalue weighted by molar-refractivity contribution is 5.97. The van der Waals surface area contributed by atoms with Crippen LogP contribution in [0.15, 0.2) is 30.9 Å². The maximum Gasteiger partial charge on any atom is 0.258 e. The first-order valence-corrected chi connectivity index (χ1v) is 5.52. The third-order valence-corrected chi connectivity index (χ3v) is 2.46. The Kier molecular flexibility index (Phi) is 5.20. The Labute approximate surface area is 106 Å². The van der Waals surface area contributed by atoms with E-state index >= 15 is 0 Å². The van der Waals surface area contributed by atoms with Crippen LogP contribution in [0.2, 0.25) is 0 Å². The number of para-hydroxylation sites is 1. The van der Waals surface area contributed by atoms with Crippen LogP contribution in [-0.4, -0.2) is 47.8 Å². The summed E-state index contributed by atoms with van der Waals surface area (Å²) in [6, 6.07) is 4.69. The number of methoxy groups -OCH3 is 1. The normalized spacial score (nSPS) is 9.89. The van der Waals surface area contributed by atoms with Crippen LogP contribution in [0, 0.1) is 0 Å². The molecule has 0 fully saturated rings. The minimum atomic E-state index is -0.375. The molecular weight excluding hydrogens is 234 g/mol. The molecule has 0 aromatic heterocycles. The molecule has 0 atom stereocenters. The Morgan fingerprint density at radius 2 is 2.28 bits per heavy atom. The van der Waals surface area contributed by atoms with Crippen LogP contribution in [0.4, 0.5) is 0 Å². The molecule has 0 heterocycles. The van der Waals surface area contributed by atoms with E-state index in [1.807, 2.05) is 0 Å². The van der Waals surface area contributed by atoms with E-state index in [0.29, 0.717) is 6.54 Å². The molecule has 18 heavy (non-hydrogen) atoms. The minimum Gasteiger partial charge on any atom is -0.504 e. The number of phenols is 1. The number of carbonyl (C=O) groups is 1. The molecule has 5 nitrogen and oxygen atoms in total. The first kappa shape index (κ1) is 14.1. The summed E-state index contributed by atoms with van der Waals surface area (Å²) in [7, 11) is 1.42. The van der Waals surface area contributed by atoms with Crippen molar-refractivity contribution in [2.24, 2.45) is 0 Å². The van der Waals surface area contributed by atoms with E-state index in [2.05, 4.69) is 6.58 Å². The molecule has 0 spiro atoms. The van der Waals surface area contributed by atoms with Gasteiger partial charge >= 0.3 is 0 Å². The summed E-state index contributed by atoms with van der Waals surface area (Å²) < 4.78 is 4.95. The number of hydrogen-bond donors (Lipinski definition) is 2. The van der Waals surface area contributed by atoms with Crippen molar-refractivity contribution in [3.8, 4) is 11.5 Å². The third-order valence-electron chi connectivity index (χ3n) is 2.46. The largest absolute Gasteiger partial charge is 0.504 e. The summed E-state index contributed by atoms with van der Waals surface area (Å²) >= 11 is 0. The summed E-state index contributed by atoms with van der Waals surface area (Å²) in [5, 5.41) is 18.8. The Bertz CT molecular complexity index is 431. The summed E-state index contributed by atoms with van der Waals surface area (Å²) in [4.78, 5) is 13.6. The zero-order chi connectivity index (χ0) is 13.5. The van der Waals surface area contributed by atoms with Crippen molar-refractivity contribution < 1.29 is 19.7 Å². The van der Waals surface area contributed by atoms with E-state index in [1.54, 1.807) is 18.2 Å². The van der Waals surface area contributed by atoms with E-state index in [4.69, 9.17) is 9.84 Å². The number of benzene rings is 1. The summed E-state index contributed by atoms with van der Waals surface area (Å²) in [6.45, 7) is 3.89. The lowest BCUT2D eigenvalue weighted by Gasteiger charge is -2.20. The van der Waals surface area contributed by atoms with Crippen molar-refractivity contribution >= 4 is 5.91 Å². The van der Waals surface area contributed by atoms with Crippen molar-refractivity contribution in [2.45, 2.75) is 0 Å². The Morgan fingerprint density at radius 1 is 1.56 bits per heavy atom. The van der Waals surface area contributed by atoms with Crippen LogP contribution in [0.5, 0.6) is 11.5 Å². The second-order valence-electron chi connectivity index (χ2n) is 3.62. The quantitative estimate of drug-likeness (QED) is 0.741. The van der Waals surface area contributed by atoms with Gasteiger partial charge < -0.3 is 19.8 Å². The van der Waals surface area contributed by atoms with Gasteiger partial charge in [-0.05, 0) is 12.1 Å². The van der Waals surface area contributed by atoms with Crippen molar-refractivity contribution in [3.63, 3.8) is 0 Å². The standard InChI is InChI=1S/C13H17NO4/c1-3-7-14(8-9-15)13(17)10-5-4-6-11(18-2)12(10)16/h3-6,15-16H,1,7-9H2,2H3. The van der Waals surface area contributed by atoms with E-state index in [-0.39, 0.29) is 36.1 Å². The number of nitrogens with zero attached hydrogens (tertiary/aromatic N) is 1. The third kappa shape index (κ3) is 3.01. The zero-order valence-electron chi connectivity index (χ0n) is 10.3. The highest BCUT2D eigenvalue weighted by Crippen LogP contribution is 2.30. The summed E-state index contributed by atoms with van der Waals surface area (Å²) in [5.74, 6) is -0.333. The molecule has 0 radical (unpaired) electrons. The molecule has 1 aromatic rings. The molecule has 0 aliphatic rings. The molecule has 0 saturated carbocycles. The molecule has 0 aliphatic carbocycles. The van der Waals surface area contributed by atoms with E-state index < -0.39 is 0 Å². The number of phenolic OH excluding ortho intramolecular Hbond substituents is 1. The number of ether oxygens (including phenoxy) is 1. The predicted octanol–water partition coefficient (Wildman–Crippen LogP) is 1.02. The Balaban J connectivity index is 3.04. The van der Waals surface area contributed by atoms with Crippen molar-refractivity contribution in [2.75, 3.05) is 26.8 Å². The molecule has 2 N–H and O–H groups in total. The number of carbonyl (C=O) groups excluding carboxylic acids is 1. The number of hydrogen-bond acceptors (Lipinski definition) is 4. The Morgan fingerprint density at radius 3 is 2.83 bits per heavy atom. The van der Waals surface area contributed by atoms with Crippen LogP contribution in [0.3, 0.4) is 0 Å². The first-order chi connectivity index (χ1) is 8.65. The molecule has 0 unspecified atom stereocenters. The smallest absolute Gasteiger partial charge is 0.258 e. The highest BCUT2D eigenvalue weighted by Gasteiger charge is 2.19. The molecule has 98 valence electrons. The number of aromatic hydroxyl groups is 1. The van der Waals surface area contributed by atoms with E-state index in [1.165, 1.54) is 18.1 Å². The maximum atomic E-state index is 12.2. The van der Waals surface area contributed by atoms with Gasteiger partial charge in [0.1, 0.15) is 0 Å². The average molecular weight is 251 g/mol. The fourth-order valence-corrected chi connectivity index (χ4v) is 1.58. The van der Waals surface area contributed by atoms with Crippen LogP contribution < -0.4 is 4.74 Å². The van der Waals surface area contributed by atoms with Crippen molar-refractivity contribution in [1.29, 1.82) is 0 Å². The van der Waals surface area contributed by atoms with E-state index in [0.717, 1.165) is 0 Å². The van der Waals surface area contributed by atoms with Crippen molar-refractivity contribution in [1.82, 2.24) is 4.90 Å². The van der Waals surface area contributed by atoms with Gasteiger partial charge in [0.15, 0.2) is 11.5 Å². The fraction of sp³-hybridized carbons (Fsp3) is 0.308. The fourth-order valence-electron chi connectivity index (χ4n) is 1.58. The van der Waals surface area contributed by atoms with Gasteiger partial charge in [0.25, 0.3) is 5.91 Å². The maximum absolute atomic E-state index is 12.2. The lowest BCUT2D eigenvalue weighted by Crippen LogP contribution is -2.33. The van der Waals surface area contributed by atoms with Crippen molar-refractivity contribution in [3.05, 3.63) is 36.4 Å². The molecule has 1 amide bonds. The number of aliphatic hydroxyl groups excluding tert-OH is 1. The first-order valence-electron chi connectivity index (χ1n) is 5.52. The van der Waals surface area contributed by atoms with Crippen LogP contribution in [0.1, 0.15) is 10.4 Å². The molecular formula is C13H17NO4. The number of rotatable bonds is 6. The monoisotopic (exact) mass is 251 g/mol. The van der Waals surface area contributed by atoms with Gasteiger partial charge in [0.2, 0.25) is 0 Å². The molecule has 1 rings (SSSR count). The second kappa shape index (κ2) is 6.66. The number of aliphatic hydroxyl groups is 1. The Hall–Kier alpha value is -2.01. The minimum absolute atomic E-state index is 0.143. The van der Waals surface area contributed by atoms with Gasteiger partial charge in [-0.2, -0.15) is 0 Å². The molecule has 1 aromatic carbocycles. The SMILES string of the molecule is C=CCN(CCO)C(=O)c1cccc(OC)c1O. The molecule has 0 bridgehead atoms. The second-order valence-corrected chi connectivity index (χ2v) is 3.62. The topological polar surface area (TPSA) is 70.0 Å². The highest BCUT2D eigenvalue weighted by atomic mass is 16.5. The van der Waals surface area contributed by atoms with Gasteiger partial charge in [-0.15, -0.1) is 6.58 Å². The van der Waals surface area contributed by atoms with Gasteiger partial charge in [0, 0.05) is 13.1 Å². The number of amides is 1. The van der Waals surface area contributed by atoms with Crippen LogP contribution in [-0.2, 0) is 0 Å². The van der Waals surface area contributed by atoms with Gasteiger partial charge in [-0.3, -0.25) is 4.79 Å². The molecule has 0 aliphatic heterocycles. The van der Waals surface area contributed by atoms with Gasteiger partial charge in [-0.25, -0.2) is 0 Å².